The number of hydrogen-bond donors (Lipinski definition) is 3. The number of aliphatic hydroxyl groups excluding tert-OH is 1. The number of fused-ring (bicyclic) bond motifs is 1. The van der Waals surface area contributed by atoms with Crippen molar-refractivity contribution < 1.29 is 32.6 Å². The first-order chi connectivity index (χ1) is 18.4. The normalized spacial score (nSPS) is 18.9. The maximum absolute atomic E-state index is 13.6. The summed E-state index contributed by atoms with van der Waals surface area (Å²) in [5.74, 6) is -0.193. The number of ether oxygens (including phenoxy) is 1. The molecule has 1 aromatic carbocycles. The van der Waals surface area contributed by atoms with Crippen molar-refractivity contribution in [2.45, 2.75) is 45.8 Å². The number of aliphatic hydroxyl groups is 1. The van der Waals surface area contributed by atoms with Crippen molar-refractivity contribution in [3.63, 3.8) is 0 Å². The van der Waals surface area contributed by atoms with Crippen LogP contribution in [-0.2, 0) is 11.0 Å². The summed E-state index contributed by atoms with van der Waals surface area (Å²) in [4.78, 5) is 38.7. The number of amides is 2. The summed E-state index contributed by atoms with van der Waals surface area (Å²) in [6.45, 7) is 5.92. The fourth-order valence-electron chi connectivity index (χ4n) is 5.01. The van der Waals surface area contributed by atoms with E-state index in [1.54, 1.807) is 6.92 Å². The van der Waals surface area contributed by atoms with Crippen LogP contribution in [0.15, 0.2) is 24.5 Å². The first-order valence-corrected chi connectivity index (χ1v) is 12.8. The van der Waals surface area contributed by atoms with E-state index in [1.165, 1.54) is 17.3 Å². The number of H-pyrrole nitrogens is 1. The molecule has 1 aliphatic carbocycles. The highest BCUT2D eigenvalue weighted by Gasteiger charge is 2.42. The monoisotopic (exact) mass is 545 g/mol. The Labute approximate surface area is 222 Å². The minimum Gasteiger partial charge on any atom is -0.493 e. The molecule has 2 aromatic heterocycles. The minimum atomic E-state index is -4.56. The number of carbonyl (C=O) groups excluding carboxylic acids is 2. The molecule has 5 rings (SSSR count). The maximum atomic E-state index is 13.6. The summed E-state index contributed by atoms with van der Waals surface area (Å²) < 4.78 is 46.7. The first kappa shape index (κ1) is 26.9. The number of aromatic amines is 1. The van der Waals surface area contributed by atoms with E-state index in [4.69, 9.17) is 4.74 Å². The van der Waals surface area contributed by atoms with Crippen LogP contribution in [0.1, 0.15) is 48.3 Å². The molecule has 3 aromatic rings. The molecule has 2 amide bonds. The summed E-state index contributed by atoms with van der Waals surface area (Å²) in [5, 5.41) is 12.2. The second-order valence-electron chi connectivity index (χ2n) is 11.0. The number of halogens is 3. The Balaban J connectivity index is 1.51. The molecule has 3 N–H and O–H groups in total. The van der Waals surface area contributed by atoms with Crippen LogP contribution in [0.2, 0.25) is 0 Å². The number of alkyl halides is 3. The zero-order valence-corrected chi connectivity index (χ0v) is 21.9. The number of hydrogen-bond acceptors (Lipinski definition) is 6. The molecule has 0 bridgehead atoms. The number of nitrogens with zero attached hydrogens (tertiary/aromatic N) is 3. The molecule has 0 unspecified atom stereocenters. The zero-order chi connectivity index (χ0) is 28.1. The van der Waals surface area contributed by atoms with Crippen LogP contribution >= 0.6 is 0 Å². The van der Waals surface area contributed by atoms with Gasteiger partial charge < -0.3 is 25.0 Å². The van der Waals surface area contributed by atoms with Gasteiger partial charge in [0.1, 0.15) is 29.9 Å². The van der Waals surface area contributed by atoms with Gasteiger partial charge in [-0.15, -0.1) is 0 Å². The van der Waals surface area contributed by atoms with Crippen molar-refractivity contribution in [2.24, 2.45) is 11.3 Å². The predicted molar refractivity (Wildman–Crippen MR) is 136 cm³/mol. The van der Waals surface area contributed by atoms with Gasteiger partial charge in [0.25, 0.3) is 5.91 Å². The number of nitrogens with one attached hydrogen (secondary N) is 2. The molecule has 0 radical (unpaired) electrons. The van der Waals surface area contributed by atoms with Gasteiger partial charge in [0, 0.05) is 29.8 Å². The molecular formula is C27H30F3N5O4. The van der Waals surface area contributed by atoms with Crippen LogP contribution in [0, 0.1) is 18.3 Å². The van der Waals surface area contributed by atoms with Gasteiger partial charge >= 0.3 is 6.18 Å². The summed E-state index contributed by atoms with van der Waals surface area (Å²) in [6.07, 6.45) is -1.31. The molecule has 1 saturated carbocycles. The van der Waals surface area contributed by atoms with Crippen molar-refractivity contribution in [3.8, 4) is 17.0 Å². The molecule has 1 saturated heterocycles. The Kier molecular flexibility index (Phi) is 6.78. The van der Waals surface area contributed by atoms with Gasteiger partial charge in [0.15, 0.2) is 0 Å². The van der Waals surface area contributed by atoms with Crippen molar-refractivity contribution in [1.82, 2.24) is 25.2 Å². The predicted octanol–water partition coefficient (Wildman–Crippen LogP) is 3.70. The lowest BCUT2D eigenvalue weighted by molar-refractivity contribution is -0.137. The van der Waals surface area contributed by atoms with E-state index in [0.717, 1.165) is 25.0 Å². The maximum Gasteiger partial charge on any atom is 0.416 e. The third-order valence-corrected chi connectivity index (χ3v) is 7.47. The van der Waals surface area contributed by atoms with Gasteiger partial charge in [0.05, 0.1) is 29.3 Å². The van der Waals surface area contributed by atoms with Crippen LogP contribution in [0.4, 0.5) is 13.2 Å². The Hall–Kier alpha value is -3.67. The Bertz CT molecular complexity index is 1430. The highest BCUT2D eigenvalue weighted by Crippen LogP contribution is 2.40. The highest BCUT2D eigenvalue weighted by atomic mass is 19.4. The molecule has 1 atom stereocenters. The molecule has 2 fully saturated rings. The lowest BCUT2D eigenvalue weighted by atomic mass is 9.87. The summed E-state index contributed by atoms with van der Waals surface area (Å²) in [6, 6.07) is 2.90. The van der Waals surface area contributed by atoms with Crippen LogP contribution in [-0.4, -0.2) is 69.1 Å². The average Bonchev–Trinajstić information content (AvgIpc) is 3.57. The largest absolute Gasteiger partial charge is 0.493 e. The van der Waals surface area contributed by atoms with Gasteiger partial charge in [-0.05, 0) is 43.9 Å². The fraction of sp³-hybridized carbons (Fsp3) is 0.481. The van der Waals surface area contributed by atoms with Crippen LogP contribution in [0.3, 0.4) is 0 Å². The molecule has 0 spiro atoms. The first-order valence-electron chi connectivity index (χ1n) is 12.8. The Morgan fingerprint density at radius 1 is 1.26 bits per heavy atom. The van der Waals surface area contributed by atoms with E-state index < -0.39 is 41.6 Å². The molecule has 208 valence electrons. The molecule has 2 aliphatic rings. The molecular weight excluding hydrogens is 515 g/mol. The van der Waals surface area contributed by atoms with E-state index in [1.807, 2.05) is 13.8 Å². The topological polar surface area (TPSA) is 120 Å². The smallest absolute Gasteiger partial charge is 0.416 e. The number of rotatable bonds is 7. The Morgan fingerprint density at radius 3 is 2.67 bits per heavy atom. The number of benzene rings is 1. The van der Waals surface area contributed by atoms with Crippen molar-refractivity contribution in [2.75, 3.05) is 26.3 Å². The highest BCUT2D eigenvalue weighted by molar-refractivity contribution is 6.09. The molecule has 3 heterocycles. The SMILES string of the molecule is Cc1[nH]c2c(-c3cc(C(F)(F)F)ccc3OCC3CC3)ncnc2c1C(=O)N[C@@H]1CN(C(=O)CO)CC1(C)C. The van der Waals surface area contributed by atoms with Gasteiger partial charge in [-0.1, -0.05) is 13.8 Å². The summed E-state index contributed by atoms with van der Waals surface area (Å²) in [5.41, 5.74) is 0.348. The number of aryl methyl sites for hydroxylation is 1. The van der Waals surface area contributed by atoms with E-state index in [0.29, 0.717) is 30.3 Å². The summed E-state index contributed by atoms with van der Waals surface area (Å²) in [7, 11) is 0. The second-order valence-corrected chi connectivity index (χ2v) is 11.0. The quantitative estimate of drug-likeness (QED) is 0.417. The van der Waals surface area contributed by atoms with Crippen LogP contribution in [0.5, 0.6) is 5.75 Å². The van der Waals surface area contributed by atoms with Gasteiger partial charge in [-0.2, -0.15) is 13.2 Å². The molecule has 12 heteroatoms. The summed E-state index contributed by atoms with van der Waals surface area (Å²) >= 11 is 0. The fourth-order valence-corrected chi connectivity index (χ4v) is 5.01. The lowest BCUT2D eigenvalue weighted by Crippen LogP contribution is -2.44. The lowest BCUT2D eigenvalue weighted by Gasteiger charge is -2.26. The zero-order valence-electron chi connectivity index (χ0n) is 21.9. The van der Waals surface area contributed by atoms with Gasteiger partial charge in [-0.25, -0.2) is 9.97 Å². The minimum absolute atomic E-state index is 0.154. The third kappa shape index (κ3) is 5.29. The standard InChI is InChI=1S/C27H30F3N5O4/c1-14-21(25(38)34-19-9-35(20(37)10-36)12-26(19,2)3)23-24(33-14)22(31-13-32-23)17-8-16(27(28,29)30)6-7-18(17)39-11-15-4-5-15/h6-8,13,15,19,33,36H,4-5,9-12H2,1-3H3,(H,34,38)/t19-/m1/s1. The third-order valence-electron chi connectivity index (χ3n) is 7.47. The van der Waals surface area contributed by atoms with Crippen molar-refractivity contribution in [3.05, 3.63) is 41.3 Å². The van der Waals surface area contributed by atoms with Crippen molar-refractivity contribution in [1.29, 1.82) is 0 Å². The van der Waals surface area contributed by atoms with E-state index in [2.05, 4.69) is 20.3 Å². The van der Waals surface area contributed by atoms with E-state index >= 15 is 0 Å². The van der Waals surface area contributed by atoms with Gasteiger partial charge in [-0.3, -0.25) is 9.59 Å². The Morgan fingerprint density at radius 2 is 2.00 bits per heavy atom. The van der Waals surface area contributed by atoms with Gasteiger partial charge in [0.2, 0.25) is 5.91 Å². The van der Waals surface area contributed by atoms with Crippen LogP contribution in [0.25, 0.3) is 22.3 Å². The second kappa shape index (κ2) is 9.82. The number of carbonyl (C=O) groups is 2. The molecule has 1 aliphatic heterocycles. The van der Waals surface area contributed by atoms with E-state index in [-0.39, 0.29) is 34.6 Å². The van der Waals surface area contributed by atoms with Crippen LogP contribution < -0.4 is 10.1 Å². The van der Waals surface area contributed by atoms with Crippen molar-refractivity contribution >= 4 is 22.8 Å². The molecule has 9 nitrogen and oxygen atoms in total. The van der Waals surface area contributed by atoms with E-state index in [9.17, 15) is 27.9 Å². The number of likely N-dealkylation sites (tertiary alicyclic amines) is 1. The number of aromatic nitrogens is 3. The average molecular weight is 546 g/mol. The molecule has 39 heavy (non-hydrogen) atoms.